The van der Waals surface area contributed by atoms with E-state index in [-0.39, 0.29) is 0 Å². The number of carbonyl (C=O) groups is 1. The third-order valence-corrected chi connectivity index (χ3v) is 1.80. The van der Waals surface area contributed by atoms with E-state index in [2.05, 4.69) is 10.1 Å². The van der Waals surface area contributed by atoms with Crippen LogP contribution in [-0.4, -0.2) is 25.7 Å². The van der Waals surface area contributed by atoms with Gasteiger partial charge in [0.1, 0.15) is 6.04 Å². The SMILES string of the molecule is COC(=O)C(N)CNc1ccccc1. The maximum Gasteiger partial charge on any atom is 0.324 e. The molecule has 0 saturated heterocycles. The number of benzene rings is 1. The molecular formula is C10H14N2O2. The molecule has 0 bridgehead atoms. The predicted octanol–water partition coefficient (Wildman–Crippen LogP) is 0.599. The zero-order valence-electron chi connectivity index (χ0n) is 8.07. The minimum absolute atomic E-state index is 0.372. The van der Waals surface area contributed by atoms with Gasteiger partial charge in [0.2, 0.25) is 0 Å². The van der Waals surface area contributed by atoms with E-state index in [4.69, 9.17) is 5.73 Å². The van der Waals surface area contributed by atoms with Crippen LogP contribution in [0.3, 0.4) is 0 Å². The van der Waals surface area contributed by atoms with Gasteiger partial charge in [-0.2, -0.15) is 0 Å². The molecular weight excluding hydrogens is 180 g/mol. The Morgan fingerprint density at radius 2 is 2.14 bits per heavy atom. The van der Waals surface area contributed by atoms with Crippen LogP contribution in [0.5, 0.6) is 0 Å². The summed E-state index contributed by atoms with van der Waals surface area (Å²) in [4.78, 5) is 10.9. The van der Waals surface area contributed by atoms with Crippen LogP contribution in [0, 0.1) is 0 Å². The van der Waals surface area contributed by atoms with Gasteiger partial charge in [-0.25, -0.2) is 0 Å². The van der Waals surface area contributed by atoms with Crippen molar-refractivity contribution in [3.63, 3.8) is 0 Å². The second-order valence-electron chi connectivity index (χ2n) is 2.88. The summed E-state index contributed by atoms with van der Waals surface area (Å²) in [6, 6.07) is 8.93. The molecule has 4 heteroatoms. The van der Waals surface area contributed by atoms with Crippen molar-refractivity contribution in [1.82, 2.24) is 0 Å². The molecule has 0 heterocycles. The molecule has 0 fully saturated rings. The fraction of sp³-hybridized carbons (Fsp3) is 0.300. The maximum atomic E-state index is 10.9. The topological polar surface area (TPSA) is 64.3 Å². The van der Waals surface area contributed by atoms with Gasteiger partial charge in [0.25, 0.3) is 0 Å². The molecule has 0 saturated carbocycles. The molecule has 1 atom stereocenters. The number of nitrogens with two attached hydrogens (primary N) is 1. The molecule has 1 aromatic carbocycles. The van der Waals surface area contributed by atoms with Gasteiger partial charge in [-0.1, -0.05) is 18.2 Å². The summed E-state index contributed by atoms with van der Waals surface area (Å²) in [5, 5.41) is 3.03. The highest BCUT2D eigenvalue weighted by atomic mass is 16.5. The van der Waals surface area contributed by atoms with E-state index in [0.29, 0.717) is 6.54 Å². The van der Waals surface area contributed by atoms with Gasteiger partial charge in [0, 0.05) is 12.2 Å². The Labute approximate surface area is 83.1 Å². The molecule has 0 aromatic heterocycles. The van der Waals surface area contributed by atoms with E-state index in [1.165, 1.54) is 7.11 Å². The second-order valence-corrected chi connectivity index (χ2v) is 2.88. The maximum absolute atomic E-state index is 10.9. The van der Waals surface area contributed by atoms with Crippen LogP contribution in [-0.2, 0) is 9.53 Å². The van der Waals surface area contributed by atoms with Crippen LogP contribution in [0.15, 0.2) is 30.3 Å². The Kier molecular flexibility index (Phi) is 3.94. The van der Waals surface area contributed by atoms with Gasteiger partial charge < -0.3 is 15.8 Å². The van der Waals surface area contributed by atoms with E-state index in [1.807, 2.05) is 30.3 Å². The first-order chi connectivity index (χ1) is 6.74. The van der Waals surface area contributed by atoms with Crippen LogP contribution < -0.4 is 11.1 Å². The Hall–Kier alpha value is -1.55. The second kappa shape index (κ2) is 5.24. The molecule has 0 amide bonds. The Balaban J connectivity index is 2.38. The summed E-state index contributed by atoms with van der Waals surface area (Å²) in [7, 11) is 1.32. The first-order valence-electron chi connectivity index (χ1n) is 4.36. The molecule has 0 spiro atoms. The third-order valence-electron chi connectivity index (χ3n) is 1.80. The lowest BCUT2D eigenvalue weighted by Gasteiger charge is -2.11. The van der Waals surface area contributed by atoms with Crippen molar-refractivity contribution in [3.05, 3.63) is 30.3 Å². The number of methoxy groups -OCH3 is 1. The highest BCUT2D eigenvalue weighted by Crippen LogP contribution is 2.04. The summed E-state index contributed by atoms with van der Waals surface area (Å²) in [6.07, 6.45) is 0. The minimum atomic E-state index is -0.625. The van der Waals surface area contributed by atoms with Crippen molar-refractivity contribution in [2.24, 2.45) is 5.73 Å². The van der Waals surface area contributed by atoms with Gasteiger partial charge >= 0.3 is 5.97 Å². The molecule has 3 N–H and O–H groups in total. The third kappa shape index (κ3) is 3.06. The van der Waals surface area contributed by atoms with Crippen LogP contribution in [0.25, 0.3) is 0 Å². The van der Waals surface area contributed by atoms with E-state index < -0.39 is 12.0 Å². The standard InChI is InChI=1S/C10H14N2O2/c1-14-10(13)9(11)7-12-8-5-3-2-4-6-8/h2-6,9,12H,7,11H2,1H3. The largest absolute Gasteiger partial charge is 0.468 e. The smallest absolute Gasteiger partial charge is 0.324 e. The van der Waals surface area contributed by atoms with Crippen molar-refractivity contribution in [2.45, 2.75) is 6.04 Å². The van der Waals surface area contributed by atoms with E-state index in [9.17, 15) is 4.79 Å². The van der Waals surface area contributed by atoms with Crippen molar-refractivity contribution in [3.8, 4) is 0 Å². The average Bonchev–Trinajstić information content (AvgIpc) is 2.26. The van der Waals surface area contributed by atoms with E-state index >= 15 is 0 Å². The normalized spacial score (nSPS) is 11.9. The monoisotopic (exact) mass is 194 g/mol. The fourth-order valence-corrected chi connectivity index (χ4v) is 1.02. The Morgan fingerprint density at radius 3 is 2.71 bits per heavy atom. The Morgan fingerprint density at radius 1 is 1.50 bits per heavy atom. The highest BCUT2D eigenvalue weighted by Gasteiger charge is 2.12. The summed E-state index contributed by atoms with van der Waals surface area (Å²) in [5.74, 6) is -0.409. The molecule has 76 valence electrons. The molecule has 0 aliphatic carbocycles. The molecule has 0 aliphatic rings. The Bertz CT molecular complexity index is 287. The minimum Gasteiger partial charge on any atom is -0.468 e. The number of carbonyl (C=O) groups excluding carboxylic acids is 1. The number of hydrogen-bond acceptors (Lipinski definition) is 4. The van der Waals surface area contributed by atoms with Crippen LogP contribution in [0.4, 0.5) is 5.69 Å². The molecule has 4 nitrogen and oxygen atoms in total. The molecule has 1 unspecified atom stereocenters. The molecule has 1 aromatic rings. The average molecular weight is 194 g/mol. The summed E-state index contributed by atoms with van der Waals surface area (Å²) in [6.45, 7) is 0.372. The van der Waals surface area contributed by atoms with E-state index in [0.717, 1.165) is 5.69 Å². The molecule has 0 aliphatic heterocycles. The number of hydrogen-bond donors (Lipinski definition) is 2. The highest BCUT2D eigenvalue weighted by molar-refractivity contribution is 5.76. The number of nitrogens with one attached hydrogen (secondary N) is 1. The van der Waals surface area contributed by atoms with E-state index in [1.54, 1.807) is 0 Å². The molecule has 1 rings (SSSR count). The predicted molar refractivity (Wildman–Crippen MR) is 54.9 cm³/mol. The first-order valence-corrected chi connectivity index (χ1v) is 4.36. The van der Waals surface area contributed by atoms with Crippen molar-refractivity contribution in [2.75, 3.05) is 19.0 Å². The summed E-state index contributed by atoms with van der Waals surface area (Å²) < 4.78 is 4.50. The zero-order valence-corrected chi connectivity index (χ0v) is 8.07. The van der Waals surface area contributed by atoms with Crippen molar-refractivity contribution >= 4 is 11.7 Å². The molecule has 14 heavy (non-hydrogen) atoms. The zero-order chi connectivity index (χ0) is 10.4. The lowest BCUT2D eigenvalue weighted by atomic mass is 10.3. The van der Waals surface area contributed by atoms with Crippen LogP contribution in [0.2, 0.25) is 0 Å². The van der Waals surface area contributed by atoms with Gasteiger partial charge in [-0.05, 0) is 12.1 Å². The van der Waals surface area contributed by atoms with Crippen LogP contribution in [0.1, 0.15) is 0 Å². The van der Waals surface area contributed by atoms with Gasteiger partial charge in [-0.15, -0.1) is 0 Å². The van der Waals surface area contributed by atoms with Gasteiger partial charge in [-0.3, -0.25) is 4.79 Å². The lowest BCUT2D eigenvalue weighted by Crippen LogP contribution is -2.38. The van der Waals surface area contributed by atoms with Gasteiger partial charge in [0.15, 0.2) is 0 Å². The van der Waals surface area contributed by atoms with Crippen molar-refractivity contribution in [1.29, 1.82) is 0 Å². The number of esters is 1. The number of anilines is 1. The first kappa shape index (κ1) is 10.5. The van der Waals surface area contributed by atoms with Crippen molar-refractivity contribution < 1.29 is 9.53 Å². The van der Waals surface area contributed by atoms with Crippen LogP contribution >= 0.6 is 0 Å². The molecule has 0 radical (unpaired) electrons. The number of rotatable bonds is 4. The van der Waals surface area contributed by atoms with Gasteiger partial charge in [0.05, 0.1) is 7.11 Å². The quantitative estimate of drug-likeness (QED) is 0.689. The summed E-state index contributed by atoms with van der Waals surface area (Å²) in [5.41, 5.74) is 6.48. The number of para-hydroxylation sites is 1. The number of ether oxygens (including phenoxy) is 1. The lowest BCUT2D eigenvalue weighted by molar-refractivity contribution is -0.141. The summed E-state index contributed by atoms with van der Waals surface area (Å²) >= 11 is 0. The fourth-order valence-electron chi connectivity index (χ4n) is 1.02.